The minimum Gasteiger partial charge on any atom is -0.381 e. The average molecular weight is 532 g/mol. The number of aliphatic imine (C=N–C) groups is 1. The number of aromatic nitrogens is 6. The zero-order valence-corrected chi connectivity index (χ0v) is 22.8. The summed E-state index contributed by atoms with van der Waals surface area (Å²) >= 11 is 0. The van der Waals surface area contributed by atoms with Crippen LogP contribution in [0.25, 0.3) is 23.1 Å². The molecule has 5 aromatic rings. The first-order valence-corrected chi connectivity index (χ1v) is 12.7. The van der Waals surface area contributed by atoms with Crippen molar-refractivity contribution in [2.24, 2.45) is 12.0 Å². The number of hydrogen-bond donors (Lipinski definition) is 2. The van der Waals surface area contributed by atoms with Gasteiger partial charge in [0.2, 0.25) is 0 Å². The van der Waals surface area contributed by atoms with E-state index in [1.165, 1.54) is 10.9 Å². The second kappa shape index (κ2) is 10.7. The molecule has 0 bridgehead atoms. The van der Waals surface area contributed by atoms with Crippen molar-refractivity contribution >= 4 is 35.6 Å². The third-order valence-corrected chi connectivity index (χ3v) is 6.60. The first kappa shape index (κ1) is 26.2. The van der Waals surface area contributed by atoms with Gasteiger partial charge in [-0.1, -0.05) is 48.9 Å². The van der Waals surface area contributed by atoms with Crippen LogP contribution in [0, 0.1) is 18.8 Å². The van der Waals surface area contributed by atoms with Crippen LogP contribution in [0.3, 0.4) is 0 Å². The van der Waals surface area contributed by atoms with E-state index in [0.29, 0.717) is 17.2 Å². The highest BCUT2D eigenvalue weighted by molar-refractivity contribution is 6.03. The third kappa shape index (κ3) is 4.65. The number of carbonyl (C=O) groups is 1. The fourth-order valence-electron chi connectivity index (χ4n) is 4.51. The molecule has 0 fully saturated rings. The van der Waals surface area contributed by atoms with Crippen LogP contribution in [-0.2, 0) is 7.05 Å². The molecule has 0 spiro atoms. The fraction of sp³-hybridized carbons (Fsp3) is 0.167. The van der Waals surface area contributed by atoms with Crippen molar-refractivity contribution in [2.75, 3.05) is 5.73 Å². The molecule has 200 valence electrons. The van der Waals surface area contributed by atoms with E-state index in [4.69, 9.17) is 10.7 Å². The molecule has 0 aliphatic rings. The van der Waals surface area contributed by atoms with Crippen molar-refractivity contribution in [2.45, 2.75) is 26.8 Å². The second-order valence-electron chi connectivity index (χ2n) is 9.13. The summed E-state index contributed by atoms with van der Waals surface area (Å²) in [5.74, 6) is 6.51. The van der Waals surface area contributed by atoms with Crippen LogP contribution in [0.1, 0.15) is 52.9 Å². The Labute approximate surface area is 231 Å². The molecule has 1 atom stereocenters. The molecule has 40 heavy (non-hydrogen) atoms. The fourth-order valence-corrected chi connectivity index (χ4v) is 4.51. The average Bonchev–Trinajstić information content (AvgIpc) is 3.61. The number of imidazole rings is 1. The lowest BCUT2D eigenvalue weighted by molar-refractivity contribution is 0.0941. The van der Waals surface area contributed by atoms with E-state index < -0.39 is 11.9 Å². The van der Waals surface area contributed by atoms with E-state index in [0.717, 1.165) is 28.2 Å². The predicted molar refractivity (Wildman–Crippen MR) is 157 cm³/mol. The maximum atomic E-state index is 13.5. The molecule has 0 saturated carbocycles. The number of amides is 1. The van der Waals surface area contributed by atoms with Gasteiger partial charge in [-0.05, 0) is 38.8 Å². The monoisotopic (exact) mass is 531 g/mol. The number of pyridine rings is 1. The quantitative estimate of drug-likeness (QED) is 0.246. The summed E-state index contributed by atoms with van der Waals surface area (Å²) < 4.78 is 5.19. The van der Waals surface area contributed by atoms with E-state index in [-0.39, 0.29) is 11.4 Å². The highest BCUT2D eigenvalue weighted by atomic mass is 16.1. The number of fused-ring (bicyclic) bond motifs is 1. The van der Waals surface area contributed by atoms with Crippen LogP contribution in [0.4, 0.5) is 11.6 Å². The maximum absolute atomic E-state index is 13.5. The minimum atomic E-state index is -0.492. The minimum absolute atomic E-state index is 0.0618. The molecule has 0 aliphatic heterocycles. The maximum Gasteiger partial charge on any atom is 0.259 e. The Morgan fingerprint density at radius 1 is 1.18 bits per heavy atom. The lowest BCUT2D eigenvalue weighted by Gasteiger charge is -2.15. The molecule has 1 amide bonds. The lowest BCUT2D eigenvalue weighted by Crippen LogP contribution is -2.27. The molecule has 10 heteroatoms. The molecule has 1 aromatic carbocycles. The van der Waals surface area contributed by atoms with Gasteiger partial charge in [-0.2, -0.15) is 5.10 Å². The number of rotatable bonds is 6. The number of aryl methyl sites for hydroxylation is 1. The van der Waals surface area contributed by atoms with Crippen LogP contribution in [-0.4, -0.2) is 41.1 Å². The lowest BCUT2D eigenvalue weighted by atomic mass is 10.1. The van der Waals surface area contributed by atoms with Crippen molar-refractivity contribution in [3.05, 3.63) is 89.5 Å². The van der Waals surface area contributed by atoms with Gasteiger partial charge >= 0.3 is 0 Å². The SMILES string of the molecule is C=Cn1nc(N)c(C(=O)N[C@H](C)c2nc3cccc(C#Cc4cnn(C)c4C)n3c2-c2ccccc2)c1N=CC. The molecule has 10 nitrogen and oxygen atoms in total. The molecule has 0 aliphatic carbocycles. The zero-order chi connectivity index (χ0) is 28.4. The first-order valence-electron chi connectivity index (χ1n) is 12.7. The Kier molecular flexibility index (Phi) is 7.03. The Hall–Kier alpha value is -5.43. The normalized spacial score (nSPS) is 11.9. The Morgan fingerprint density at radius 2 is 1.95 bits per heavy atom. The van der Waals surface area contributed by atoms with E-state index in [1.807, 2.05) is 73.8 Å². The summed E-state index contributed by atoms with van der Waals surface area (Å²) in [6, 6.07) is 15.2. The van der Waals surface area contributed by atoms with E-state index in [1.54, 1.807) is 24.0 Å². The number of hydrogen-bond acceptors (Lipinski definition) is 6. The highest BCUT2D eigenvalue weighted by Gasteiger charge is 2.26. The summed E-state index contributed by atoms with van der Waals surface area (Å²) in [5.41, 5.74) is 12.0. The Balaban J connectivity index is 1.62. The van der Waals surface area contributed by atoms with Gasteiger partial charge < -0.3 is 11.1 Å². The van der Waals surface area contributed by atoms with Crippen molar-refractivity contribution in [1.82, 2.24) is 34.3 Å². The summed E-state index contributed by atoms with van der Waals surface area (Å²) in [6.07, 6.45) is 4.78. The molecular formula is C30H29N9O. The summed E-state index contributed by atoms with van der Waals surface area (Å²) in [5, 5.41) is 11.5. The molecule has 0 unspecified atom stereocenters. The number of nitrogens with two attached hydrogens (primary N) is 1. The van der Waals surface area contributed by atoms with E-state index in [9.17, 15) is 4.79 Å². The van der Waals surface area contributed by atoms with Crippen molar-refractivity contribution in [1.29, 1.82) is 0 Å². The highest BCUT2D eigenvalue weighted by Crippen LogP contribution is 2.32. The second-order valence-corrected chi connectivity index (χ2v) is 9.13. The van der Waals surface area contributed by atoms with Gasteiger partial charge in [0.05, 0.1) is 40.6 Å². The van der Waals surface area contributed by atoms with Gasteiger partial charge in [-0.15, -0.1) is 5.10 Å². The Morgan fingerprint density at radius 3 is 2.62 bits per heavy atom. The van der Waals surface area contributed by atoms with Crippen LogP contribution < -0.4 is 11.1 Å². The summed E-state index contributed by atoms with van der Waals surface area (Å²) in [4.78, 5) is 22.7. The number of anilines is 1. The smallest absolute Gasteiger partial charge is 0.259 e. The van der Waals surface area contributed by atoms with Gasteiger partial charge in [0.15, 0.2) is 11.6 Å². The Bertz CT molecular complexity index is 1830. The van der Waals surface area contributed by atoms with E-state index in [2.05, 4.69) is 38.9 Å². The van der Waals surface area contributed by atoms with Crippen LogP contribution >= 0.6 is 0 Å². The molecule has 0 saturated heterocycles. The number of nitrogens with zero attached hydrogens (tertiary/aromatic N) is 7. The van der Waals surface area contributed by atoms with Crippen LogP contribution in [0.15, 0.2) is 66.3 Å². The number of nitrogens with one attached hydrogen (secondary N) is 1. The van der Waals surface area contributed by atoms with Crippen LogP contribution in [0.2, 0.25) is 0 Å². The summed E-state index contributed by atoms with van der Waals surface area (Å²) in [6.45, 7) is 9.34. The van der Waals surface area contributed by atoms with Crippen molar-refractivity contribution in [3.63, 3.8) is 0 Å². The van der Waals surface area contributed by atoms with Gasteiger partial charge in [-0.3, -0.25) is 13.9 Å². The predicted octanol–water partition coefficient (Wildman–Crippen LogP) is 4.54. The molecule has 3 N–H and O–H groups in total. The number of carbonyl (C=O) groups excluding carboxylic acids is 1. The van der Waals surface area contributed by atoms with Gasteiger partial charge in [0, 0.05) is 25.0 Å². The first-order chi connectivity index (χ1) is 19.3. The van der Waals surface area contributed by atoms with Crippen molar-refractivity contribution in [3.8, 4) is 23.1 Å². The molecule has 4 aromatic heterocycles. The largest absolute Gasteiger partial charge is 0.381 e. The summed E-state index contributed by atoms with van der Waals surface area (Å²) in [7, 11) is 1.89. The van der Waals surface area contributed by atoms with Gasteiger partial charge in [0.25, 0.3) is 5.91 Å². The number of benzene rings is 1. The van der Waals surface area contributed by atoms with Gasteiger partial charge in [-0.25, -0.2) is 14.7 Å². The standard InChI is InChI=1S/C30H29N9O/c1-6-32-29-25(28(31)36-38(29)7-2)30(40)34-19(3)26-27(21-12-9-8-10-13-21)39-23(14-11-15-24(39)35-26)17-16-22-18-33-37(5)20(22)4/h6-15,18-19H,2H2,1,3-5H3,(H2,31,36)(H,34,40)/t19-/m1/s1. The molecule has 0 radical (unpaired) electrons. The van der Waals surface area contributed by atoms with E-state index >= 15 is 0 Å². The molecular weight excluding hydrogens is 502 g/mol. The van der Waals surface area contributed by atoms with Crippen LogP contribution in [0.5, 0.6) is 0 Å². The molecule has 4 heterocycles. The number of nitrogen functional groups attached to an aromatic ring is 1. The third-order valence-electron chi connectivity index (χ3n) is 6.60. The molecule has 5 rings (SSSR count). The topological polar surface area (TPSA) is 120 Å². The van der Waals surface area contributed by atoms with Crippen molar-refractivity contribution < 1.29 is 4.79 Å². The zero-order valence-electron chi connectivity index (χ0n) is 22.8. The van der Waals surface area contributed by atoms with Gasteiger partial charge in [0.1, 0.15) is 11.2 Å².